The zero-order valence-electron chi connectivity index (χ0n) is 14.7. The van der Waals surface area contributed by atoms with Gasteiger partial charge in [-0.1, -0.05) is 18.2 Å². The summed E-state index contributed by atoms with van der Waals surface area (Å²) < 4.78 is 13.6. The van der Waals surface area contributed by atoms with E-state index in [1.807, 2.05) is 39.8 Å². The van der Waals surface area contributed by atoms with Crippen molar-refractivity contribution in [2.75, 3.05) is 5.73 Å². The van der Waals surface area contributed by atoms with E-state index in [1.54, 1.807) is 17.5 Å². The van der Waals surface area contributed by atoms with Crippen molar-refractivity contribution in [3.63, 3.8) is 0 Å². The maximum Gasteiger partial charge on any atom is 0.515 e. The van der Waals surface area contributed by atoms with Gasteiger partial charge in [0.2, 0.25) is 5.95 Å². The average molecular weight is 353 g/mol. The van der Waals surface area contributed by atoms with E-state index in [9.17, 15) is 0 Å². The zero-order chi connectivity index (χ0) is 17.8. The van der Waals surface area contributed by atoms with Gasteiger partial charge in [-0.3, -0.25) is 0 Å². The number of nitrogen functional groups attached to an aromatic ring is 1. The Labute approximate surface area is 151 Å². The van der Waals surface area contributed by atoms with Gasteiger partial charge in [0, 0.05) is 21.3 Å². The first-order chi connectivity index (χ1) is 11.8. The van der Waals surface area contributed by atoms with Gasteiger partial charge in [0.25, 0.3) is 0 Å². The molecule has 2 aromatic heterocycles. The monoisotopic (exact) mass is 353 g/mol. The first-order valence-corrected chi connectivity index (χ1v) is 9.05. The SMILES string of the molecule is CC1(C)OB(c2nc(N)ncc2-c2cc3ccccc3s2)OC1(C)C. The fourth-order valence-electron chi connectivity index (χ4n) is 2.85. The molecule has 4 rings (SSSR count). The van der Waals surface area contributed by atoms with Crippen LogP contribution in [0.15, 0.2) is 36.5 Å². The molecule has 1 aliphatic rings. The molecule has 7 heteroatoms. The Morgan fingerprint density at radius 1 is 1.08 bits per heavy atom. The molecule has 0 atom stereocenters. The fourth-order valence-corrected chi connectivity index (χ4v) is 3.93. The Bertz CT molecular complexity index is 905. The Hall–Kier alpha value is -1.96. The van der Waals surface area contributed by atoms with Gasteiger partial charge < -0.3 is 15.0 Å². The molecule has 0 radical (unpaired) electrons. The largest absolute Gasteiger partial charge is 0.515 e. The molecular formula is C18H20BN3O2S. The molecule has 3 heterocycles. The minimum atomic E-state index is -0.574. The van der Waals surface area contributed by atoms with Crippen LogP contribution >= 0.6 is 11.3 Å². The van der Waals surface area contributed by atoms with E-state index in [-0.39, 0.29) is 5.95 Å². The van der Waals surface area contributed by atoms with Crippen LogP contribution in [0.1, 0.15) is 27.7 Å². The summed E-state index contributed by atoms with van der Waals surface area (Å²) in [5.74, 6) is 0.217. The highest BCUT2D eigenvalue weighted by Crippen LogP contribution is 2.38. The molecule has 0 unspecified atom stereocenters. The summed E-state index contributed by atoms with van der Waals surface area (Å²) in [6, 6.07) is 10.4. The lowest BCUT2D eigenvalue weighted by atomic mass is 9.81. The van der Waals surface area contributed by atoms with E-state index in [4.69, 9.17) is 15.0 Å². The number of rotatable bonds is 2. The molecule has 1 aromatic carbocycles. The summed E-state index contributed by atoms with van der Waals surface area (Å²) in [5.41, 5.74) is 6.56. The number of hydrogen-bond acceptors (Lipinski definition) is 6. The van der Waals surface area contributed by atoms with Gasteiger partial charge in [0.1, 0.15) is 0 Å². The van der Waals surface area contributed by atoms with Crippen molar-refractivity contribution in [2.24, 2.45) is 0 Å². The normalized spacial score (nSPS) is 18.8. The average Bonchev–Trinajstić information content (AvgIpc) is 3.05. The molecular weight excluding hydrogens is 333 g/mol. The molecule has 128 valence electrons. The second-order valence-electron chi connectivity index (χ2n) is 7.26. The van der Waals surface area contributed by atoms with Crippen molar-refractivity contribution in [3.8, 4) is 10.4 Å². The van der Waals surface area contributed by atoms with Crippen molar-refractivity contribution in [1.29, 1.82) is 0 Å². The molecule has 2 N–H and O–H groups in total. The third kappa shape index (κ3) is 2.72. The second kappa shape index (κ2) is 5.52. The molecule has 1 aliphatic heterocycles. The predicted molar refractivity (Wildman–Crippen MR) is 103 cm³/mol. The lowest BCUT2D eigenvalue weighted by Gasteiger charge is -2.32. The van der Waals surface area contributed by atoms with Crippen molar-refractivity contribution >= 4 is 40.1 Å². The van der Waals surface area contributed by atoms with Crippen LogP contribution in [-0.2, 0) is 9.31 Å². The Kier molecular flexibility index (Phi) is 3.65. The highest BCUT2D eigenvalue weighted by Gasteiger charge is 2.53. The topological polar surface area (TPSA) is 70.3 Å². The van der Waals surface area contributed by atoms with Crippen molar-refractivity contribution < 1.29 is 9.31 Å². The van der Waals surface area contributed by atoms with Crippen LogP contribution in [0.3, 0.4) is 0 Å². The summed E-state index contributed by atoms with van der Waals surface area (Å²) in [6.07, 6.45) is 1.76. The van der Waals surface area contributed by atoms with E-state index in [1.165, 1.54) is 10.1 Å². The highest BCUT2D eigenvalue weighted by molar-refractivity contribution is 7.22. The van der Waals surface area contributed by atoms with E-state index >= 15 is 0 Å². The van der Waals surface area contributed by atoms with Gasteiger partial charge in [0.05, 0.1) is 16.8 Å². The number of fused-ring (bicyclic) bond motifs is 1. The quantitative estimate of drug-likeness (QED) is 0.717. The van der Waals surface area contributed by atoms with E-state index in [2.05, 4.69) is 28.2 Å². The molecule has 0 saturated carbocycles. The molecule has 1 saturated heterocycles. The minimum Gasteiger partial charge on any atom is -0.398 e. The lowest BCUT2D eigenvalue weighted by Crippen LogP contribution is -2.41. The van der Waals surface area contributed by atoms with Gasteiger partial charge in [-0.05, 0) is 45.2 Å². The highest BCUT2D eigenvalue weighted by atomic mass is 32.1. The van der Waals surface area contributed by atoms with Crippen molar-refractivity contribution in [1.82, 2.24) is 9.97 Å². The number of anilines is 1. The minimum absolute atomic E-state index is 0.217. The zero-order valence-corrected chi connectivity index (χ0v) is 15.6. The van der Waals surface area contributed by atoms with Gasteiger partial charge in [0.15, 0.2) is 0 Å². The number of nitrogens with two attached hydrogens (primary N) is 1. The van der Waals surface area contributed by atoms with Crippen LogP contribution in [0.25, 0.3) is 20.5 Å². The number of aromatic nitrogens is 2. The standard InChI is InChI=1S/C18H20BN3O2S/c1-17(2)18(3,4)24-19(23-17)15-12(10-21-16(20)22-15)14-9-11-7-5-6-8-13(11)25-14/h5-10H,1-4H3,(H2,20,21,22). The summed E-state index contributed by atoms with van der Waals surface area (Å²) in [6.45, 7) is 8.10. The van der Waals surface area contributed by atoms with Crippen LogP contribution in [0.5, 0.6) is 0 Å². The van der Waals surface area contributed by atoms with E-state index in [0.717, 1.165) is 10.4 Å². The molecule has 3 aromatic rings. The summed E-state index contributed by atoms with van der Waals surface area (Å²) >= 11 is 1.70. The predicted octanol–water partition coefficient (Wildman–Crippen LogP) is 3.24. The lowest BCUT2D eigenvalue weighted by molar-refractivity contribution is 0.00578. The molecule has 25 heavy (non-hydrogen) atoms. The smallest absolute Gasteiger partial charge is 0.398 e. The number of thiophene rings is 1. The fraction of sp³-hybridized carbons (Fsp3) is 0.333. The maximum atomic E-state index is 6.18. The Balaban J connectivity index is 1.83. The maximum absolute atomic E-state index is 6.18. The third-order valence-corrected chi connectivity index (χ3v) is 6.15. The van der Waals surface area contributed by atoms with Crippen LogP contribution in [-0.4, -0.2) is 28.3 Å². The van der Waals surface area contributed by atoms with Crippen molar-refractivity contribution in [3.05, 3.63) is 36.5 Å². The number of benzene rings is 1. The molecule has 1 fully saturated rings. The molecule has 0 aliphatic carbocycles. The molecule has 0 bridgehead atoms. The van der Waals surface area contributed by atoms with Crippen LogP contribution < -0.4 is 11.3 Å². The molecule has 0 spiro atoms. The van der Waals surface area contributed by atoms with Gasteiger partial charge in [-0.15, -0.1) is 11.3 Å². The van der Waals surface area contributed by atoms with E-state index < -0.39 is 18.3 Å². The summed E-state index contributed by atoms with van der Waals surface area (Å²) in [7, 11) is -0.574. The van der Waals surface area contributed by atoms with Crippen LogP contribution in [0, 0.1) is 0 Å². The van der Waals surface area contributed by atoms with Crippen LogP contribution in [0.2, 0.25) is 0 Å². The molecule has 0 amide bonds. The summed E-state index contributed by atoms with van der Waals surface area (Å²) in [5, 5.41) is 1.19. The second-order valence-corrected chi connectivity index (χ2v) is 8.35. The Morgan fingerprint density at radius 3 is 2.44 bits per heavy atom. The molecule has 5 nitrogen and oxygen atoms in total. The van der Waals surface area contributed by atoms with Crippen molar-refractivity contribution in [2.45, 2.75) is 38.9 Å². The van der Waals surface area contributed by atoms with Gasteiger partial charge in [-0.25, -0.2) is 9.97 Å². The number of hydrogen-bond donors (Lipinski definition) is 1. The number of nitrogens with zero attached hydrogens (tertiary/aromatic N) is 2. The Morgan fingerprint density at radius 2 is 1.76 bits per heavy atom. The van der Waals surface area contributed by atoms with E-state index in [0.29, 0.717) is 5.59 Å². The third-order valence-electron chi connectivity index (χ3n) is 5.00. The summed E-state index contributed by atoms with van der Waals surface area (Å²) in [4.78, 5) is 9.72. The first kappa shape index (κ1) is 16.5. The van der Waals surface area contributed by atoms with Gasteiger partial charge >= 0.3 is 7.12 Å². The first-order valence-electron chi connectivity index (χ1n) is 8.24. The van der Waals surface area contributed by atoms with Crippen LogP contribution in [0.4, 0.5) is 5.95 Å². The van der Waals surface area contributed by atoms with Gasteiger partial charge in [-0.2, -0.15) is 0 Å².